The topological polar surface area (TPSA) is 92.3 Å². The summed E-state index contributed by atoms with van der Waals surface area (Å²) in [4.78, 5) is 23.6. The lowest BCUT2D eigenvalue weighted by Gasteiger charge is -2.13. The number of sulfone groups is 1. The largest absolute Gasteiger partial charge is 0.326 e. The van der Waals surface area contributed by atoms with Gasteiger partial charge in [-0.2, -0.15) is 0 Å². The molecule has 25 heavy (non-hydrogen) atoms. The Balaban J connectivity index is 1.95. The van der Waals surface area contributed by atoms with E-state index in [1.807, 2.05) is 6.92 Å². The lowest BCUT2D eigenvalue weighted by molar-refractivity contribution is -0.116. The molecule has 6 nitrogen and oxygen atoms in total. The molecule has 7 heteroatoms. The summed E-state index contributed by atoms with van der Waals surface area (Å²) >= 11 is 0. The van der Waals surface area contributed by atoms with Gasteiger partial charge in [-0.15, -0.1) is 0 Å². The van der Waals surface area contributed by atoms with Crippen molar-refractivity contribution >= 4 is 33.0 Å². The molecule has 1 saturated carbocycles. The summed E-state index contributed by atoms with van der Waals surface area (Å²) in [5, 5.41) is 5.21. The zero-order chi connectivity index (χ0) is 18.4. The maximum absolute atomic E-state index is 12.2. The first-order valence-electron chi connectivity index (χ1n) is 8.73. The molecule has 1 fully saturated rings. The molecule has 0 radical (unpaired) electrons. The summed E-state index contributed by atoms with van der Waals surface area (Å²) < 4.78 is 24.5. The number of carbonyl (C=O) groups is 2. The first kappa shape index (κ1) is 19.4. The van der Waals surface area contributed by atoms with Crippen LogP contribution in [0.4, 0.5) is 11.4 Å². The molecule has 0 spiro atoms. The van der Waals surface area contributed by atoms with Gasteiger partial charge in [0.05, 0.1) is 11.0 Å². The molecule has 2 N–H and O–H groups in total. The Labute approximate surface area is 149 Å². The van der Waals surface area contributed by atoms with E-state index in [9.17, 15) is 18.0 Å². The molecule has 0 unspecified atom stereocenters. The van der Waals surface area contributed by atoms with Gasteiger partial charge in [0.25, 0.3) is 0 Å². The van der Waals surface area contributed by atoms with E-state index in [-0.39, 0.29) is 29.2 Å². The Morgan fingerprint density at radius 3 is 2.44 bits per heavy atom. The standard InChI is InChI=1S/C18H26N2O4S/c1-3-17(21)19-14-9-8-13(2)16(12-14)20-18(22)10-11-25(23,24)15-6-4-5-7-15/h8-9,12,15H,3-7,10-11H2,1-2H3,(H,19,21)(H,20,22). The maximum Gasteiger partial charge on any atom is 0.225 e. The first-order chi connectivity index (χ1) is 11.8. The molecule has 138 valence electrons. The molecule has 1 aromatic carbocycles. The van der Waals surface area contributed by atoms with Gasteiger partial charge >= 0.3 is 0 Å². The van der Waals surface area contributed by atoms with Crippen molar-refractivity contribution in [2.24, 2.45) is 0 Å². The molecule has 0 aromatic heterocycles. The second kappa shape index (κ2) is 8.47. The highest BCUT2D eigenvalue weighted by Gasteiger charge is 2.28. The van der Waals surface area contributed by atoms with Crippen molar-refractivity contribution in [2.45, 2.75) is 57.6 Å². The van der Waals surface area contributed by atoms with Crippen molar-refractivity contribution in [2.75, 3.05) is 16.4 Å². The summed E-state index contributed by atoms with van der Waals surface area (Å²) in [6.45, 7) is 3.60. The monoisotopic (exact) mass is 366 g/mol. The van der Waals surface area contributed by atoms with E-state index < -0.39 is 9.84 Å². The SMILES string of the molecule is CCC(=O)Nc1ccc(C)c(NC(=O)CCS(=O)(=O)C2CCCC2)c1. The van der Waals surface area contributed by atoms with Crippen molar-refractivity contribution in [3.63, 3.8) is 0 Å². The fraction of sp³-hybridized carbons (Fsp3) is 0.556. The number of nitrogens with one attached hydrogen (secondary N) is 2. The van der Waals surface area contributed by atoms with Crippen LogP contribution in [0.15, 0.2) is 18.2 Å². The number of anilines is 2. The van der Waals surface area contributed by atoms with Gasteiger partial charge in [-0.1, -0.05) is 25.8 Å². The molecule has 0 atom stereocenters. The van der Waals surface area contributed by atoms with Gasteiger partial charge in [-0.25, -0.2) is 8.42 Å². The van der Waals surface area contributed by atoms with E-state index in [1.165, 1.54) is 0 Å². The van der Waals surface area contributed by atoms with Crippen LogP contribution in [-0.4, -0.2) is 31.2 Å². The lowest BCUT2D eigenvalue weighted by atomic mass is 10.1. The number of hydrogen-bond donors (Lipinski definition) is 2. The van der Waals surface area contributed by atoms with Crippen LogP contribution in [0, 0.1) is 6.92 Å². The number of rotatable bonds is 7. The van der Waals surface area contributed by atoms with Gasteiger partial charge < -0.3 is 10.6 Å². The van der Waals surface area contributed by atoms with E-state index >= 15 is 0 Å². The van der Waals surface area contributed by atoms with Gasteiger partial charge in [-0.3, -0.25) is 9.59 Å². The van der Waals surface area contributed by atoms with Crippen LogP contribution in [0.25, 0.3) is 0 Å². The number of hydrogen-bond acceptors (Lipinski definition) is 4. The van der Waals surface area contributed by atoms with E-state index in [1.54, 1.807) is 25.1 Å². The molecule has 0 saturated heterocycles. The van der Waals surface area contributed by atoms with Crippen LogP contribution in [0.2, 0.25) is 0 Å². The minimum Gasteiger partial charge on any atom is -0.326 e. The van der Waals surface area contributed by atoms with Gasteiger partial charge in [0.2, 0.25) is 11.8 Å². The van der Waals surface area contributed by atoms with Crippen LogP contribution in [0.3, 0.4) is 0 Å². The van der Waals surface area contributed by atoms with Crippen LogP contribution in [-0.2, 0) is 19.4 Å². The van der Waals surface area contributed by atoms with E-state index in [0.717, 1.165) is 18.4 Å². The predicted octanol–water partition coefficient (Wildman–Crippen LogP) is 3.03. The fourth-order valence-electron chi connectivity index (χ4n) is 2.95. The highest BCUT2D eigenvalue weighted by atomic mass is 32.2. The summed E-state index contributed by atoms with van der Waals surface area (Å²) in [7, 11) is -3.20. The Morgan fingerprint density at radius 1 is 1.12 bits per heavy atom. The second-order valence-corrected chi connectivity index (χ2v) is 8.90. The zero-order valence-electron chi connectivity index (χ0n) is 14.8. The number of carbonyl (C=O) groups excluding carboxylic acids is 2. The van der Waals surface area contributed by atoms with Crippen molar-refractivity contribution in [3.05, 3.63) is 23.8 Å². The molecule has 0 bridgehead atoms. The molecule has 2 rings (SSSR count). The molecular formula is C18H26N2O4S. The minimum atomic E-state index is -3.20. The summed E-state index contributed by atoms with van der Waals surface area (Å²) in [5.74, 6) is -0.554. The van der Waals surface area contributed by atoms with E-state index in [2.05, 4.69) is 10.6 Å². The zero-order valence-corrected chi connectivity index (χ0v) is 15.6. The van der Waals surface area contributed by atoms with E-state index in [0.29, 0.717) is 30.6 Å². The quantitative estimate of drug-likeness (QED) is 0.776. The molecule has 2 amide bonds. The highest BCUT2D eigenvalue weighted by molar-refractivity contribution is 7.92. The molecule has 1 aliphatic rings. The normalized spacial score (nSPS) is 15.1. The third kappa shape index (κ3) is 5.56. The third-order valence-electron chi connectivity index (χ3n) is 4.54. The fourth-order valence-corrected chi connectivity index (χ4v) is 4.80. The number of benzene rings is 1. The summed E-state index contributed by atoms with van der Waals surface area (Å²) in [5.41, 5.74) is 2.03. The number of aryl methyl sites for hydroxylation is 1. The van der Waals surface area contributed by atoms with Crippen molar-refractivity contribution in [1.82, 2.24) is 0 Å². The third-order valence-corrected chi connectivity index (χ3v) is 6.80. The van der Waals surface area contributed by atoms with Gasteiger partial charge in [0, 0.05) is 24.2 Å². The molecule has 1 aliphatic carbocycles. The average molecular weight is 366 g/mol. The lowest BCUT2D eigenvalue weighted by Crippen LogP contribution is -2.24. The Morgan fingerprint density at radius 2 is 1.80 bits per heavy atom. The van der Waals surface area contributed by atoms with Crippen LogP contribution < -0.4 is 10.6 Å². The summed E-state index contributed by atoms with van der Waals surface area (Å²) in [6, 6.07) is 5.26. The van der Waals surface area contributed by atoms with Crippen LogP contribution in [0.5, 0.6) is 0 Å². The molecule has 0 heterocycles. The smallest absolute Gasteiger partial charge is 0.225 e. The van der Waals surface area contributed by atoms with Crippen molar-refractivity contribution < 1.29 is 18.0 Å². The minimum absolute atomic E-state index is 0.0518. The van der Waals surface area contributed by atoms with Crippen molar-refractivity contribution in [3.8, 4) is 0 Å². The van der Waals surface area contributed by atoms with Crippen molar-refractivity contribution in [1.29, 1.82) is 0 Å². The van der Waals surface area contributed by atoms with Gasteiger partial charge in [0.1, 0.15) is 0 Å². The Hall–Kier alpha value is -1.89. The molecule has 1 aromatic rings. The predicted molar refractivity (Wildman–Crippen MR) is 99.4 cm³/mol. The van der Waals surface area contributed by atoms with Gasteiger partial charge in [0.15, 0.2) is 9.84 Å². The molecule has 0 aliphatic heterocycles. The summed E-state index contributed by atoms with van der Waals surface area (Å²) in [6.07, 6.45) is 3.64. The van der Waals surface area contributed by atoms with Crippen LogP contribution in [0.1, 0.15) is 51.0 Å². The van der Waals surface area contributed by atoms with E-state index in [4.69, 9.17) is 0 Å². The maximum atomic E-state index is 12.2. The van der Waals surface area contributed by atoms with Crippen LogP contribution >= 0.6 is 0 Å². The first-order valence-corrected chi connectivity index (χ1v) is 10.5. The Bertz CT molecular complexity index is 737. The Kier molecular flexibility index (Phi) is 6.58. The number of amides is 2. The second-order valence-electron chi connectivity index (χ2n) is 6.50. The molecular weight excluding hydrogens is 340 g/mol. The highest BCUT2D eigenvalue weighted by Crippen LogP contribution is 2.26. The van der Waals surface area contributed by atoms with Gasteiger partial charge in [-0.05, 0) is 37.5 Å². The average Bonchev–Trinajstić information content (AvgIpc) is 3.11.